The van der Waals surface area contributed by atoms with E-state index in [1.807, 2.05) is 91.0 Å². The Balaban J connectivity index is 1.41. The van der Waals surface area contributed by atoms with E-state index in [2.05, 4.69) is 17.0 Å². The summed E-state index contributed by atoms with van der Waals surface area (Å²) in [5.74, 6) is 1.38. The van der Waals surface area contributed by atoms with Gasteiger partial charge in [-0.25, -0.2) is 0 Å². The van der Waals surface area contributed by atoms with Crippen LogP contribution in [0.5, 0.6) is 11.5 Å². The van der Waals surface area contributed by atoms with E-state index in [0.717, 1.165) is 40.7 Å². The molecule has 0 amide bonds. The van der Waals surface area contributed by atoms with Crippen LogP contribution in [0.25, 0.3) is 0 Å². The maximum atomic E-state index is 13.2. The van der Waals surface area contributed by atoms with Gasteiger partial charge in [0.15, 0.2) is 11.5 Å². The summed E-state index contributed by atoms with van der Waals surface area (Å²) in [5, 5.41) is 11.6. The third kappa shape index (κ3) is 6.86. The topological polar surface area (TPSA) is 41.9 Å². The highest BCUT2D eigenvalue weighted by molar-refractivity contribution is 5.53. The highest BCUT2D eigenvalue weighted by atomic mass is 19.1. The van der Waals surface area contributed by atoms with Gasteiger partial charge in [0.25, 0.3) is 0 Å². The van der Waals surface area contributed by atoms with Crippen LogP contribution in [0.15, 0.2) is 103 Å². The second-order valence-electron chi connectivity index (χ2n) is 10.1. The number of hydrogen-bond donors (Lipinski definition) is 1. The average molecular weight is 526 g/mol. The molecule has 0 aromatic heterocycles. The van der Waals surface area contributed by atoms with Crippen molar-refractivity contribution >= 4 is 0 Å². The summed E-state index contributed by atoms with van der Waals surface area (Å²) in [4.78, 5) is 2.23. The molecule has 0 saturated heterocycles. The van der Waals surface area contributed by atoms with E-state index in [4.69, 9.17) is 9.47 Å². The van der Waals surface area contributed by atoms with Crippen molar-refractivity contribution in [1.82, 2.24) is 4.90 Å². The maximum absolute atomic E-state index is 13.2. The Morgan fingerprint density at radius 2 is 1.33 bits per heavy atom. The van der Waals surface area contributed by atoms with Crippen LogP contribution in [0, 0.1) is 0 Å². The first-order chi connectivity index (χ1) is 19.2. The zero-order valence-electron chi connectivity index (χ0n) is 22.2. The Kier molecular flexibility index (Phi) is 9.26. The molecule has 0 fully saturated rings. The van der Waals surface area contributed by atoms with Gasteiger partial charge in [0.2, 0.25) is 0 Å². The summed E-state index contributed by atoms with van der Waals surface area (Å²) in [6.45, 7) is 1.74. The molecule has 2 atom stereocenters. The van der Waals surface area contributed by atoms with Crippen LogP contribution in [0.3, 0.4) is 0 Å². The first-order valence-corrected chi connectivity index (χ1v) is 13.7. The summed E-state index contributed by atoms with van der Waals surface area (Å²) >= 11 is 0. The Bertz CT molecular complexity index is 1300. The molecular weight excluding hydrogens is 489 g/mol. The van der Waals surface area contributed by atoms with Crippen LogP contribution >= 0.6 is 0 Å². The molecule has 0 unspecified atom stereocenters. The molecule has 0 aliphatic heterocycles. The second kappa shape index (κ2) is 13.4. The molecule has 1 aliphatic rings. The standard InChI is InChI=1S/C34H36FNO3/c35-21-10-22-36(23-26-11-4-1-5-12-26)31-19-17-30-29(33(31)37)18-20-32(38-24-27-13-6-2-7-14-27)34(30)39-25-28-15-8-3-9-16-28/h1-9,11-16,18,20,31,33,37H,10,17,19,21-25H2/t31-,33-/m1/s1. The number of rotatable bonds is 12. The van der Waals surface area contributed by atoms with Crippen LogP contribution in [0.2, 0.25) is 0 Å². The molecule has 5 rings (SSSR count). The second-order valence-corrected chi connectivity index (χ2v) is 10.1. The number of benzene rings is 4. The predicted octanol–water partition coefficient (Wildman–Crippen LogP) is 7.05. The zero-order valence-corrected chi connectivity index (χ0v) is 22.2. The number of ether oxygens (including phenoxy) is 2. The number of halogens is 1. The quantitative estimate of drug-likeness (QED) is 0.215. The molecule has 0 spiro atoms. The summed E-state index contributed by atoms with van der Waals surface area (Å²) in [7, 11) is 0. The van der Waals surface area contributed by atoms with Gasteiger partial charge in [-0.15, -0.1) is 0 Å². The third-order valence-corrected chi connectivity index (χ3v) is 7.37. The number of hydrogen-bond acceptors (Lipinski definition) is 4. The van der Waals surface area contributed by atoms with E-state index in [1.165, 1.54) is 0 Å². The van der Waals surface area contributed by atoms with Gasteiger partial charge in [-0.05, 0) is 47.6 Å². The van der Waals surface area contributed by atoms with Crippen molar-refractivity contribution in [2.75, 3.05) is 13.2 Å². The molecule has 1 aliphatic carbocycles. The number of aliphatic hydroxyl groups is 1. The number of fused-ring (bicyclic) bond motifs is 1. The fourth-order valence-corrected chi connectivity index (χ4v) is 5.38. The minimum atomic E-state index is -0.709. The molecule has 5 heteroatoms. The summed E-state index contributed by atoms with van der Waals surface area (Å²) in [5.41, 5.74) is 5.16. The van der Waals surface area contributed by atoms with Gasteiger partial charge in [-0.1, -0.05) is 97.1 Å². The van der Waals surface area contributed by atoms with Crippen LogP contribution in [0.1, 0.15) is 46.8 Å². The Morgan fingerprint density at radius 3 is 1.95 bits per heavy atom. The lowest BCUT2D eigenvalue weighted by Crippen LogP contribution is -2.42. The number of nitrogens with zero attached hydrogens (tertiary/aromatic N) is 1. The summed E-state index contributed by atoms with van der Waals surface area (Å²) < 4.78 is 25.9. The highest BCUT2D eigenvalue weighted by Crippen LogP contribution is 2.43. The molecule has 0 radical (unpaired) electrons. The van der Waals surface area contributed by atoms with E-state index in [-0.39, 0.29) is 12.7 Å². The lowest BCUT2D eigenvalue weighted by molar-refractivity contribution is 0.0291. The van der Waals surface area contributed by atoms with Gasteiger partial charge < -0.3 is 14.6 Å². The number of alkyl halides is 1. The van der Waals surface area contributed by atoms with Gasteiger partial charge in [-0.3, -0.25) is 9.29 Å². The normalized spacial score (nSPS) is 16.6. The van der Waals surface area contributed by atoms with Crippen LogP contribution < -0.4 is 9.47 Å². The van der Waals surface area contributed by atoms with Gasteiger partial charge in [0.1, 0.15) is 13.2 Å². The smallest absolute Gasteiger partial charge is 0.165 e. The lowest BCUT2D eigenvalue weighted by Gasteiger charge is -2.39. The van der Waals surface area contributed by atoms with Crippen molar-refractivity contribution in [2.45, 2.75) is 51.2 Å². The molecule has 0 heterocycles. The Labute approximate surface area is 230 Å². The Hall–Kier alpha value is -3.67. The van der Waals surface area contributed by atoms with E-state index in [1.54, 1.807) is 0 Å². The first-order valence-electron chi connectivity index (χ1n) is 13.7. The van der Waals surface area contributed by atoms with Crippen molar-refractivity contribution in [1.29, 1.82) is 0 Å². The van der Waals surface area contributed by atoms with Crippen LogP contribution in [-0.4, -0.2) is 29.3 Å². The fraction of sp³-hybridized carbons (Fsp3) is 0.294. The molecule has 4 aromatic rings. The Morgan fingerprint density at radius 1 is 0.744 bits per heavy atom. The molecule has 4 aromatic carbocycles. The van der Waals surface area contributed by atoms with Crippen molar-refractivity contribution in [2.24, 2.45) is 0 Å². The van der Waals surface area contributed by atoms with Crippen molar-refractivity contribution < 1.29 is 19.0 Å². The minimum Gasteiger partial charge on any atom is -0.485 e. The fourth-order valence-electron chi connectivity index (χ4n) is 5.38. The molecule has 39 heavy (non-hydrogen) atoms. The highest BCUT2D eigenvalue weighted by Gasteiger charge is 2.35. The molecule has 1 N–H and O–H groups in total. The lowest BCUT2D eigenvalue weighted by atomic mass is 9.84. The predicted molar refractivity (Wildman–Crippen MR) is 153 cm³/mol. The van der Waals surface area contributed by atoms with Crippen molar-refractivity contribution in [3.8, 4) is 11.5 Å². The number of aliphatic hydroxyl groups excluding tert-OH is 1. The monoisotopic (exact) mass is 525 g/mol. The SMILES string of the molecule is O[C@@H]1c2ccc(OCc3ccccc3)c(OCc3ccccc3)c2CC[C@H]1N(CCCF)Cc1ccccc1. The van der Waals surface area contributed by atoms with Gasteiger partial charge in [-0.2, -0.15) is 0 Å². The van der Waals surface area contributed by atoms with Crippen LogP contribution in [-0.2, 0) is 26.2 Å². The molecule has 0 bridgehead atoms. The van der Waals surface area contributed by atoms with Gasteiger partial charge in [0, 0.05) is 24.7 Å². The average Bonchev–Trinajstić information content (AvgIpc) is 2.99. The largest absolute Gasteiger partial charge is 0.485 e. The van der Waals surface area contributed by atoms with E-state index < -0.39 is 6.10 Å². The molecular formula is C34H36FNO3. The molecule has 202 valence electrons. The first kappa shape index (κ1) is 26.9. The van der Waals surface area contributed by atoms with Crippen LogP contribution in [0.4, 0.5) is 4.39 Å². The van der Waals surface area contributed by atoms with Crippen molar-refractivity contribution in [3.63, 3.8) is 0 Å². The minimum absolute atomic E-state index is 0.109. The molecule has 4 nitrogen and oxygen atoms in total. The zero-order chi connectivity index (χ0) is 26.9. The van der Waals surface area contributed by atoms with E-state index in [0.29, 0.717) is 44.2 Å². The summed E-state index contributed by atoms with van der Waals surface area (Å²) in [6.07, 6.45) is 1.22. The van der Waals surface area contributed by atoms with E-state index >= 15 is 0 Å². The third-order valence-electron chi connectivity index (χ3n) is 7.37. The van der Waals surface area contributed by atoms with E-state index in [9.17, 15) is 9.50 Å². The maximum Gasteiger partial charge on any atom is 0.165 e. The molecule has 0 saturated carbocycles. The summed E-state index contributed by atoms with van der Waals surface area (Å²) in [6, 6.07) is 34.1. The van der Waals surface area contributed by atoms with Crippen molar-refractivity contribution in [3.05, 3.63) is 131 Å². The van der Waals surface area contributed by atoms with Gasteiger partial charge >= 0.3 is 0 Å². The van der Waals surface area contributed by atoms with Gasteiger partial charge in [0.05, 0.1) is 12.8 Å².